The number of unbranched alkanes of at least 4 members (excludes halogenated alkanes) is 1. The van der Waals surface area contributed by atoms with Crippen LogP contribution in [0.1, 0.15) is 43.4 Å². The second-order valence-electron chi connectivity index (χ2n) is 9.90. The maximum Gasteiger partial charge on any atom is 0.312 e. The molecule has 1 aliphatic rings. The van der Waals surface area contributed by atoms with Crippen molar-refractivity contribution in [2.45, 2.75) is 58.2 Å². The number of rotatable bonds is 14. The smallest absolute Gasteiger partial charge is 0.312 e. The van der Waals surface area contributed by atoms with Gasteiger partial charge in [0.2, 0.25) is 5.91 Å². The van der Waals surface area contributed by atoms with E-state index < -0.39 is 41.5 Å². The fourth-order valence-electron chi connectivity index (χ4n) is 4.59. The minimum atomic E-state index is -1.10. The molecule has 40 heavy (non-hydrogen) atoms. The second-order valence-corrected chi connectivity index (χ2v) is 9.90. The van der Waals surface area contributed by atoms with Gasteiger partial charge in [-0.1, -0.05) is 44.5 Å². The lowest BCUT2D eigenvalue weighted by molar-refractivity contribution is -0.157. The highest BCUT2D eigenvalue weighted by molar-refractivity contribution is 6.35. The van der Waals surface area contributed by atoms with Crippen LogP contribution >= 0.6 is 12.4 Å². The van der Waals surface area contributed by atoms with Crippen LogP contribution in [0.4, 0.5) is 8.78 Å². The molecule has 8 nitrogen and oxygen atoms in total. The lowest BCUT2D eigenvalue weighted by Crippen LogP contribution is -2.57. The Hall–Kier alpha value is -3.08. The van der Waals surface area contributed by atoms with E-state index in [0.29, 0.717) is 19.6 Å². The average molecular weight is 581 g/mol. The van der Waals surface area contributed by atoms with Crippen LogP contribution in [0, 0.1) is 11.6 Å². The third kappa shape index (κ3) is 9.83. The van der Waals surface area contributed by atoms with Crippen LogP contribution in [-0.4, -0.2) is 77.5 Å². The molecule has 3 N–H and O–H groups in total. The van der Waals surface area contributed by atoms with Crippen LogP contribution in [0.5, 0.6) is 0 Å². The quantitative estimate of drug-likeness (QED) is 0.298. The van der Waals surface area contributed by atoms with Crippen molar-refractivity contribution in [1.29, 1.82) is 0 Å². The Labute approximate surface area is 240 Å². The van der Waals surface area contributed by atoms with Gasteiger partial charge in [-0.25, -0.2) is 8.78 Å². The third-order valence-corrected chi connectivity index (χ3v) is 6.78. The summed E-state index contributed by atoms with van der Waals surface area (Å²) in [5.41, 5.74) is 2.49. The number of halogens is 3. The Balaban J connectivity index is 0.00000560. The first-order valence-corrected chi connectivity index (χ1v) is 13.5. The summed E-state index contributed by atoms with van der Waals surface area (Å²) in [6.45, 7) is 5.35. The molecule has 2 atom stereocenters. The van der Waals surface area contributed by atoms with Crippen LogP contribution in [0.3, 0.4) is 0 Å². The SMILES string of the molecule is CCCCN1CCN(CC(=O)N[C@@H](Cc2cc(F)cc(F)c2)[C@@H](O)CNCc2cccc(CC)c2)C(=O)C1=O.Cl. The minimum Gasteiger partial charge on any atom is -0.390 e. The summed E-state index contributed by atoms with van der Waals surface area (Å²) in [6, 6.07) is 10.2. The third-order valence-electron chi connectivity index (χ3n) is 6.78. The topological polar surface area (TPSA) is 102 Å². The Bertz CT molecular complexity index is 1130. The zero-order valence-corrected chi connectivity index (χ0v) is 23.8. The molecule has 0 aliphatic carbocycles. The molecule has 0 bridgehead atoms. The number of aliphatic hydroxyl groups excluding tert-OH is 1. The van der Waals surface area contributed by atoms with Gasteiger partial charge in [0.25, 0.3) is 0 Å². The summed E-state index contributed by atoms with van der Waals surface area (Å²) in [5, 5.41) is 16.8. The molecule has 0 saturated carbocycles. The fraction of sp³-hybridized carbons (Fsp3) is 0.483. The van der Waals surface area contributed by atoms with Crippen molar-refractivity contribution in [2.75, 3.05) is 32.7 Å². The minimum absolute atomic E-state index is 0. The Morgan fingerprint density at radius 1 is 0.975 bits per heavy atom. The molecular weight excluding hydrogens is 542 g/mol. The molecule has 3 rings (SSSR count). The summed E-state index contributed by atoms with van der Waals surface area (Å²) in [7, 11) is 0. The highest BCUT2D eigenvalue weighted by Crippen LogP contribution is 2.13. The molecular formula is C29H39ClF2N4O4. The van der Waals surface area contributed by atoms with E-state index in [4.69, 9.17) is 0 Å². The van der Waals surface area contributed by atoms with Crippen molar-refractivity contribution in [3.63, 3.8) is 0 Å². The number of aliphatic hydroxyl groups is 1. The number of carbonyl (C=O) groups is 3. The van der Waals surface area contributed by atoms with Gasteiger partial charge in [-0.15, -0.1) is 12.4 Å². The van der Waals surface area contributed by atoms with Crippen LogP contribution in [0.15, 0.2) is 42.5 Å². The van der Waals surface area contributed by atoms with Crippen LogP contribution < -0.4 is 10.6 Å². The van der Waals surface area contributed by atoms with Crippen molar-refractivity contribution in [3.8, 4) is 0 Å². The van der Waals surface area contributed by atoms with E-state index in [1.165, 1.54) is 15.4 Å². The maximum atomic E-state index is 13.8. The van der Waals surface area contributed by atoms with Gasteiger partial charge < -0.3 is 25.5 Å². The van der Waals surface area contributed by atoms with Crippen molar-refractivity contribution in [2.24, 2.45) is 0 Å². The number of nitrogens with zero attached hydrogens (tertiary/aromatic N) is 2. The van der Waals surface area contributed by atoms with E-state index in [9.17, 15) is 28.3 Å². The predicted octanol–water partition coefficient (Wildman–Crippen LogP) is 2.60. The Morgan fingerprint density at radius 3 is 2.30 bits per heavy atom. The van der Waals surface area contributed by atoms with E-state index in [2.05, 4.69) is 23.6 Å². The molecule has 3 amide bonds. The van der Waals surface area contributed by atoms with Gasteiger partial charge >= 0.3 is 11.8 Å². The van der Waals surface area contributed by atoms with E-state index in [0.717, 1.165) is 43.0 Å². The number of amides is 3. The first kappa shape index (κ1) is 33.1. The molecule has 1 saturated heterocycles. The summed E-state index contributed by atoms with van der Waals surface area (Å²) in [6.07, 6.45) is 1.45. The number of hydrogen-bond acceptors (Lipinski definition) is 5. The summed E-state index contributed by atoms with van der Waals surface area (Å²) >= 11 is 0. The molecule has 2 aromatic rings. The molecule has 11 heteroatoms. The zero-order chi connectivity index (χ0) is 28.4. The van der Waals surface area contributed by atoms with E-state index in [-0.39, 0.29) is 44.0 Å². The largest absolute Gasteiger partial charge is 0.390 e. The number of piperazine rings is 1. The first-order valence-electron chi connectivity index (χ1n) is 13.5. The fourth-order valence-corrected chi connectivity index (χ4v) is 4.59. The van der Waals surface area contributed by atoms with Crippen LogP contribution in [0.25, 0.3) is 0 Å². The van der Waals surface area contributed by atoms with E-state index in [1.54, 1.807) is 0 Å². The highest BCUT2D eigenvalue weighted by atomic mass is 35.5. The molecule has 220 valence electrons. The van der Waals surface area contributed by atoms with Crippen LogP contribution in [-0.2, 0) is 33.8 Å². The van der Waals surface area contributed by atoms with Crippen LogP contribution in [0.2, 0.25) is 0 Å². The average Bonchev–Trinajstić information content (AvgIpc) is 2.90. The Kier molecular flexibility index (Phi) is 13.5. The van der Waals surface area contributed by atoms with Gasteiger partial charge in [0.05, 0.1) is 12.1 Å². The second kappa shape index (κ2) is 16.2. The number of benzene rings is 2. The molecule has 0 unspecified atom stereocenters. The van der Waals surface area contributed by atoms with Gasteiger partial charge in [-0.3, -0.25) is 14.4 Å². The predicted molar refractivity (Wildman–Crippen MR) is 151 cm³/mol. The molecule has 0 spiro atoms. The zero-order valence-electron chi connectivity index (χ0n) is 23.0. The molecule has 1 fully saturated rings. The Morgan fingerprint density at radius 2 is 1.62 bits per heavy atom. The normalized spacial score (nSPS) is 15.0. The number of hydrogen-bond donors (Lipinski definition) is 3. The maximum absolute atomic E-state index is 13.8. The summed E-state index contributed by atoms with van der Waals surface area (Å²) < 4.78 is 27.6. The molecule has 2 aromatic carbocycles. The van der Waals surface area contributed by atoms with E-state index >= 15 is 0 Å². The van der Waals surface area contributed by atoms with Gasteiger partial charge in [0.1, 0.15) is 18.2 Å². The highest BCUT2D eigenvalue weighted by Gasteiger charge is 2.33. The molecule has 1 heterocycles. The molecule has 1 aliphatic heterocycles. The standard InChI is InChI=1S/C29H38F2N4O4.ClH/c1-3-5-9-34-10-11-35(29(39)28(34)38)19-27(37)33-25(15-22-13-23(30)16-24(31)14-22)26(36)18-32-17-21-8-6-7-20(4-2)12-21;/h6-8,12-14,16,25-26,32,36H,3-5,9-11,15,17-19H2,1-2H3,(H,33,37);1H/t25-,26-;/m0./s1. The van der Waals surface area contributed by atoms with E-state index in [1.807, 2.05) is 25.1 Å². The van der Waals surface area contributed by atoms with Gasteiger partial charge in [-0.2, -0.15) is 0 Å². The van der Waals surface area contributed by atoms with Crippen molar-refractivity contribution < 1.29 is 28.3 Å². The molecule has 0 radical (unpaired) electrons. The lowest BCUT2D eigenvalue weighted by Gasteiger charge is -2.34. The summed E-state index contributed by atoms with van der Waals surface area (Å²) in [5.74, 6) is -3.47. The monoisotopic (exact) mass is 580 g/mol. The van der Waals surface area contributed by atoms with Gasteiger partial charge in [0.15, 0.2) is 0 Å². The molecule has 0 aromatic heterocycles. The van der Waals surface area contributed by atoms with Crippen molar-refractivity contribution in [3.05, 3.63) is 70.8 Å². The lowest BCUT2D eigenvalue weighted by atomic mass is 10.0. The number of aryl methyl sites for hydroxylation is 1. The summed E-state index contributed by atoms with van der Waals surface area (Å²) in [4.78, 5) is 40.6. The van der Waals surface area contributed by atoms with Crippen molar-refractivity contribution in [1.82, 2.24) is 20.4 Å². The van der Waals surface area contributed by atoms with Gasteiger partial charge in [-0.05, 0) is 48.1 Å². The van der Waals surface area contributed by atoms with Gasteiger partial charge in [0, 0.05) is 38.8 Å². The number of carbonyl (C=O) groups excluding carboxylic acids is 3. The van der Waals surface area contributed by atoms with Crippen molar-refractivity contribution >= 4 is 30.1 Å². The number of nitrogens with one attached hydrogen (secondary N) is 2. The first-order chi connectivity index (χ1) is 18.7.